The van der Waals surface area contributed by atoms with Crippen LogP contribution in [-0.4, -0.2) is 23.0 Å². The predicted octanol–water partition coefficient (Wildman–Crippen LogP) is 3.45. The van der Waals surface area contributed by atoms with Crippen LogP contribution in [0.25, 0.3) is 0 Å². The molecule has 0 aromatic heterocycles. The van der Waals surface area contributed by atoms with Gasteiger partial charge in [-0.05, 0) is 56.2 Å². The van der Waals surface area contributed by atoms with Crippen LogP contribution in [-0.2, 0) is 16.0 Å². The smallest absolute Gasteiger partial charge is 0.306 e. The van der Waals surface area contributed by atoms with Crippen LogP contribution in [0, 0.1) is 12.8 Å². The summed E-state index contributed by atoms with van der Waals surface area (Å²) in [6.45, 7) is 2.04. The van der Waals surface area contributed by atoms with Crippen molar-refractivity contribution in [3.63, 3.8) is 0 Å². The van der Waals surface area contributed by atoms with Crippen molar-refractivity contribution in [2.24, 2.45) is 5.92 Å². The number of rotatable bonds is 5. The number of halogens is 1. The van der Waals surface area contributed by atoms with E-state index in [1.165, 1.54) is 5.56 Å². The fourth-order valence-corrected chi connectivity index (χ4v) is 3.15. The normalized spacial score (nSPS) is 21.4. The van der Waals surface area contributed by atoms with Gasteiger partial charge >= 0.3 is 5.97 Å². The Bertz CT molecular complexity index is 551. The first-order valence-corrected chi connectivity index (χ1v) is 8.52. The summed E-state index contributed by atoms with van der Waals surface area (Å²) in [5.74, 6) is -0.895. The van der Waals surface area contributed by atoms with Gasteiger partial charge in [-0.15, -0.1) is 0 Å². The Balaban J connectivity index is 1.74. The molecule has 0 unspecified atom stereocenters. The summed E-state index contributed by atoms with van der Waals surface area (Å²) in [6.07, 6.45) is 4.04. The van der Waals surface area contributed by atoms with Crippen LogP contribution >= 0.6 is 15.9 Å². The number of aryl methyl sites for hydroxylation is 2. The minimum Gasteiger partial charge on any atom is -0.481 e. The molecule has 2 rings (SSSR count). The van der Waals surface area contributed by atoms with E-state index in [2.05, 4.69) is 27.3 Å². The van der Waals surface area contributed by atoms with Gasteiger partial charge in [-0.2, -0.15) is 0 Å². The summed E-state index contributed by atoms with van der Waals surface area (Å²) < 4.78 is 1.08. The van der Waals surface area contributed by atoms with Crippen molar-refractivity contribution in [1.29, 1.82) is 0 Å². The maximum atomic E-state index is 12.0. The molecule has 5 heteroatoms. The molecule has 1 saturated carbocycles. The monoisotopic (exact) mass is 367 g/mol. The molecule has 0 spiro atoms. The van der Waals surface area contributed by atoms with E-state index in [1.54, 1.807) is 0 Å². The summed E-state index contributed by atoms with van der Waals surface area (Å²) in [6, 6.07) is 6.27. The van der Waals surface area contributed by atoms with Crippen LogP contribution in [0.4, 0.5) is 0 Å². The van der Waals surface area contributed by atoms with Crippen molar-refractivity contribution < 1.29 is 14.7 Å². The molecule has 0 heterocycles. The van der Waals surface area contributed by atoms with Crippen molar-refractivity contribution in [1.82, 2.24) is 5.32 Å². The predicted molar refractivity (Wildman–Crippen MR) is 88.7 cm³/mol. The Morgan fingerprint density at radius 1 is 1.27 bits per heavy atom. The molecule has 22 heavy (non-hydrogen) atoms. The highest BCUT2D eigenvalue weighted by molar-refractivity contribution is 9.10. The molecule has 2 N–H and O–H groups in total. The van der Waals surface area contributed by atoms with Crippen LogP contribution < -0.4 is 5.32 Å². The molecule has 1 aromatic carbocycles. The summed E-state index contributed by atoms with van der Waals surface area (Å²) in [4.78, 5) is 22.9. The van der Waals surface area contributed by atoms with Gasteiger partial charge in [0, 0.05) is 16.9 Å². The molecule has 1 aromatic rings. The van der Waals surface area contributed by atoms with Crippen molar-refractivity contribution in [3.8, 4) is 0 Å². The topological polar surface area (TPSA) is 66.4 Å². The number of hydrogen-bond acceptors (Lipinski definition) is 2. The highest BCUT2D eigenvalue weighted by Crippen LogP contribution is 2.24. The van der Waals surface area contributed by atoms with E-state index in [-0.39, 0.29) is 17.9 Å². The molecule has 1 aliphatic rings. The van der Waals surface area contributed by atoms with Crippen molar-refractivity contribution in [3.05, 3.63) is 33.8 Å². The Hall–Kier alpha value is -1.36. The van der Waals surface area contributed by atoms with Crippen LogP contribution in [0.1, 0.15) is 43.2 Å². The summed E-state index contributed by atoms with van der Waals surface area (Å²) >= 11 is 3.47. The van der Waals surface area contributed by atoms with E-state index in [0.717, 1.165) is 29.3 Å². The zero-order chi connectivity index (χ0) is 16.1. The largest absolute Gasteiger partial charge is 0.481 e. The van der Waals surface area contributed by atoms with Gasteiger partial charge in [0.25, 0.3) is 0 Å². The molecule has 0 saturated heterocycles. The highest BCUT2D eigenvalue weighted by atomic mass is 79.9. The van der Waals surface area contributed by atoms with Gasteiger partial charge in [-0.1, -0.05) is 28.1 Å². The summed E-state index contributed by atoms with van der Waals surface area (Å²) in [5.41, 5.74) is 2.33. The summed E-state index contributed by atoms with van der Waals surface area (Å²) in [5, 5.41) is 12.0. The maximum absolute atomic E-state index is 12.0. The highest BCUT2D eigenvalue weighted by Gasteiger charge is 2.26. The van der Waals surface area contributed by atoms with Crippen LogP contribution in [0.3, 0.4) is 0 Å². The standard InChI is InChI=1S/C17H22BrNO3/c1-11-10-12(2-8-15(11)18)3-9-16(20)19-14-6-4-13(5-7-14)17(21)22/h2,8,10,13-14H,3-7,9H2,1H3,(H,19,20)(H,21,22). The molecule has 0 aliphatic heterocycles. The zero-order valence-electron chi connectivity index (χ0n) is 12.8. The van der Waals surface area contributed by atoms with Gasteiger partial charge in [-0.25, -0.2) is 0 Å². The second-order valence-electron chi connectivity index (χ2n) is 6.04. The Labute approximate surface area is 139 Å². The average Bonchev–Trinajstić information content (AvgIpc) is 2.49. The molecule has 1 fully saturated rings. The molecule has 0 bridgehead atoms. The number of aliphatic carboxylic acids is 1. The number of amides is 1. The molecular formula is C17H22BrNO3. The van der Waals surface area contributed by atoms with Crippen molar-refractivity contribution in [2.75, 3.05) is 0 Å². The van der Waals surface area contributed by atoms with Crippen molar-refractivity contribution in [2.45, 2.75) is 51.5 Å². The first kappa shape index (κ1) is 17.0. The SMILES string of the molecule is Cc1cc(CCC(=O)NC2CCC(C(=O)O)CC2)ccc1Br. The molecule has 4 nitrogen and oxygen atoms in total. The van der Waals surface area contributed by atoms with E-state index in [9.17, 15) is 9.59 Å². The van der Waals surface area contributed by atoms with E-state index < -0.39 is 5.97 Å². The lowest BCUT2D eigenvalue weighted by molar-refractivity contribution is -0.142. The average molecular weight is 368 g/mol. The first-order chi connectivity index (χ1) is 10.5. The Kier molecular flexibility index (Phi) is 6.00. The van der Waals surface area contributed by atoms with E-state index in [0.29, 0.717) is 19.3 Å². The van der Waals surface area contributed by atoms with E-state index in [4.69, 9.17) is 5.11 Å². The number of benzene rings is 1. The maximum Gasteiger partial charge on any atom is 0.306 e. The zero-order valence-corrected chi connectivity index (χ0v) is 14.4. The fraction of sp³-hybridized carbons (Fsp3) is 0.529. The third-order valence-corrected chi connectivity index (χ3v) is 5.19. The third kappa shape index (κ3) is 4.83. The van der Waals surface area contributed by atoms with Crippen LogP contribution in [0.15, 0.2) is 22.7 Å². The Morgan fingerprint density at radius 2 is 1.95 bits per heavy atom. The minimum atomic E-state index is -0.713. The number of carboxylic acid groups (broad SMARTS) is 1. The minimum absolute atomic E-state index is 0.0550. The number of carbonyl (C=O) groups excluding carboxylic acids is 1. The van der Waals surface area contributed by atoms with E-state index >= 15 is 0 Å². The summed E-state index contributed by atoms with van der Waals surface area (Å²) in [7, 11) is 0. The first-order valence-electron chi connectivity index (χ1n) is 7.73. The van der Waals surface area contributed by atoms with E-state index in [1.807, 2.05) is 19.1 Å². The number of nitrogens with one attached hydrogen (secondary N) is 1. The van der Waals surface area contributed by atoms with Crippen molar-refractivity contribution >= 4 is 27.8 Å². The Morgan fingerprint density at radius 3 is 2.55 bits per heavy atom. The lowest BCUT2D eigenvalue weighted by atomic mass is 9.86. The molecule has 120 valence electrons. The molecule has 1 amide bonds. The van der Waals surface area contributed by atoms with Gasteiger partial charge in [-0.3, -0.25) is 9.59 Å². The van der Waals surface area contributed by atoms with Gasteiger partial charge in [0.15, 0.2) is 0 Å². The van der Waals surface area contributed by atoms with Gasteiger partial charge in [0.05, 0.1) is 5.92 Å². The molecular weight excluding hydrogens is 346 g/mol. The fourth-order valence-electron chi connectivity index (χ4n) is 2.90. The van der Waals surface area contributed by atoms with Gasteiger partial charge < -0.3 is 10.4 Å². The van der Waals surface area contributed by atoms with Gasteiger partial charge in [0.1, 0.15) is 0 Å². The van der Waals surface area contributed by atoms with Gasteiger partial charge in [0.2, 0.25) is 5.91 Å². The quantitative estimate of drug-likeness (QED) is 0.837. The molecule has 1 aliphatic carbocycles. The second-order valence-corrected chi connectivity index (χ2v) is 6.89. The third-order valence-electron chi connectivity index (χ3n) is 4.30. The number of hydrogen-bond donors (Lipinski definition) is 2. The second kappa shape index (κ2) is 7.77. The molecule has 0 radical (unpaired) electrons. The number of carbonyl (C=O) groups is 2. The van der Waals surface area contributed by atoms with Crippen LogP contribution in [0.5, 0.6) is 0 Å². The number of carboxylic acids is 1. The lowest BCUT2D eigenvalue weighted by Gasteiger charge is -2.26. The van der Waals surface area contributed by atoms with Crippen LogP contribution in [0.2, 0.25) is 0 Å². The molecule has 0 atom stereocenters. The lowest BCUT2D eigenvalue weighted by Crippen LogP contribution is -2.38.